The highest BCUT2D eigenvalue weighted by Crippen LogP contribution is 2.18. The van der Waals surface area contributed by atoms with E-state index in [1.54, 1.807) is 18.2 Å². The van der Waals surface area contributed by atoms with Gasteiger partial charge in [-0.2, -0.15) is 0 Å². The minimum atomic E-state index is -0.274. The molecule has 1 unspecified atom stereocenters. The number of aliphatic hydroxyl groups is 1. The van der Waals surface area contributed by atoms with Crippen LogP contribution in [0.5, 0.6) is 5.75 Å². The molecule has 0 radical (unpaired) electrons. The fourth-order valence-corrected chi connectivity index (χ4v) is 1.80. The first kappa shape index (κ1) is 14.5. The highest BCUT2D eigenvalue weighted by molar-refractivity contribution is 5.96. The van der Waals surface area contributed by atoms with Gasteiger partial charge in [-0.15, -0.1) is 0 Å². The van der Waals surface area contributed by atoms with Crippen LogP contribution in [0, 0.1) is 12.8 Å². The quantitative estimate of drug-likeness (QED) is 0.722. The lowest BCUT2D eigenvalue weighted by Crippen LogP contribution is -2.29. The Morgan fingerprint density at radius 3 is 2.72 bits per heavy atom. The molecule has 0 bridgehead atoms. The largest absolute Gasteiger partial charge is 0.507 e. The lowest BCUT2D eigenvalue weighted by molar-refractivity contribution is 0.0941. The predicted octanol–water partition coefficient (Wildman–Crippen LogP) is 1.84. The highest BCUT2D eigenvalue weighted by atomic mass is 16.3. The number of amides is 1. The lowest BCUT2D eigenvalue weighted by atomic mass is 10.0. The normalized spacial score (nSPS) is 12.2. The van der Waals surface area contributed by atoms with Crippen LogP contribution in [0.1, 0.15) is 35.7 Å². The molecule has 0 aliphatic heterocycles. The maximum atomic E-state index is 11.9. The van der Waals surface area contributed by atoms with Crippen LogP contribution >= 0.6 is 0 Å². The Balaban J connectivity index is 2.59. The van der Waals surface area contributed by atoms with Crippen molar-refractivity contribution in [2.75, 3.05) is 13.2 Å². The number of phenols is 1. The van der Waals surface area contributed by atoms with Crippen molar-refractivity contribution in [1.82, 2.24) is 5.32 Å². The smallest absolute Gasteiger partial charge is 0.255 e. The summed E-state index contributed by atoms with van der Waals surface area (Å²) in [6.07, 6.45) is 1.58. The number of benzene rings is 1. The van der Waals surface area contributed by atoms with Crippen LogP contribution in [0.15, 0.2) is 18.2 Å². The summed E-state index contributed by atoms with van der Waals surface area (Å²) in [4.78, 5) is 11.9. The molecular formula is C14H21NO3. The topological polar surface area (TPSA) is 69.6 Å². The molecule has 1 rings (SSSR count). The first-order valence-corrected chi connectivity index (χ1v) is 6.27. The first-order valence-electron chi connectivity index (χ1n) is 6.27. The van der Waals surface area contributed by atoms with Gasteiger partial charge >= 0.3 is 0 Å². The molecule has 4 nitrogen and oxygen atoms in total. The molecule has 1 aromatic carbocycles. The van der Waals surface area contributed by atoms with Crippen LogP contribution in [0.25, 0.3) is 0 Å². The van der Waals surface area contributed by atoms with Crippen LogP contribution in [0.3, 0.4) is 0 Å². The summed E-state index contributed by atoms with van der Waals surface area (Å²) in [5, 5.41) is 21.3. The van der Waals surface area contributed by atoms with Crippen LogP contribution in [-0.2, 0) is 0 Å². The van der Waals surface area contributed by atoms with Gasteiger partial charge in [0.1, 0.15) is 5.75 Å². The highest BCUT2D eigenvalue weighted by Gasteiger charge is 2.13. The summed E-state index contributed by atoms with van der Waals surface area (Å²) in [6.45, 7) is 4.53. The Hall–Kier alpha value is -1.55. The van der Waals surface area contributed by atoms with Crippen molar-refractivity contribution >= 4 is 5.91 Å². The number of carbonyl (C=O) groups is 1. The molecule has 0 saturated heterocycles. The fourth-order valence-electron chi connectivity index (χ4n) is 1.80. The minimum absolute atomic E-state index is 0.00251. The summed E-state index contributed by atoms with van der Waals surface area (Å²) >= 11 is 0. The maximum absolute atomic E-state index is 11.9. The first-order chi connectivity index (χ1) is 8.58. The molecule has 0 fully saturated rings. The molecule has 3 N–H and O–H groups in total. The molecular weight excluding hydrogens is 230 g/mol. The van der Waals surface area contributed by atoms with E-state index < -0.39 is 0 Å². The van der Waals surface area contributed by atoms with Gasteiger partial charge in [0.25, 0.3) is 5.91 Å². The van der Waals surface area contributed by atoms with Gasteiger partial charge in [-0.05, 0) is 37.0 Å². The Kier molecular flexibility index (Phi) is 5.65. The summed E-state index contributed by atoms with van der Waals surface area (Å²) in [5.74, 6) is -0.00172. The van der Waals surface area contributed by atoms with Crippen molar-refractivity contribution in [3.8, 4) is 5.75 Å². The summed E-state index contributed by atoms with van der Waals surface area (Å²) in [7, 11) is 0. The summed E-state index contributed by atoms with van der Waals surface area (Å²) < 4.78 is 0. The van der Waals surface area contributed by atoms with Gasteiger partial charge in [0.05, 0.1) is 5.56 Å². The van der Waals surface area contributed by atoms with Gasteiger partial charge in [0.15, 0.2) is 0 Å². The number of hydrogen-bond donors (Lipinski definition) is 3. The SMILES string of the molecule is CCC(CCO)CNC(=O)c1ccc(C)cc1O. The number of aryl methyl sites for hydroxylation is 1. The van der Waals surface area contributed by atoms with E-state index in [-0.39, 0.29) is 24.2 Å². The molecule has 0 heterocycles. The third-order valence-corrected chi connectivity index (χ3v) is 3.06. The molecule has 0 aromatic heterocycles. The number of nitrogens with one attached hydrogen (secondary N) is 1. The van der Waals surface area contributed by atoms with Crippen LogP contribution < -0.4 is 5.32 Å². The zero-order valence-corrected chi connectivity index (χ0v) is 10.9. The molecule has 0 aliphatic rings. The second-order valence-electron chi connectivity index (χ2n) is 4.52. The average molecular weight is 251 g/mol. The number of aromatic hydroxyl groups is 1. The number of phenolic OH excluding ortho intramolecular Hbond substituents is 1. The Morgan fingerprint density at radius 1 is 1.44 bits per heavy atom. The van der Waals surface area contributed by atoms with Crippen molar-refractivity contribution in [2.24, 2.45) is 5.92 Å². The van der Waals surface area contributed by atoms with E-state index in [2.05, 4.69) is 5.32 Å². The summed E-state index contributed by atoms with van der Waals surface area (Å²) in [6, 6.07) is 4.98. The predicted molar refractivity (Wildman–Crippen MR) is 70.7 cm³/mol. The molecule has 4 heteroatoms. The van der Waals surface area contributed by atoms with Gasteiger partial charge in [-0.1, -0.05) is 19.4 Å². The lowest BCUT2D eigenvalue weighted by Gasteiger charge is -2.14. The molecule has 0 saturated carbocycles. The van der Waals surface area contributed by atoms with Crippen molar-refractivity contribution in [3.05, 3.63) is 29.3 Å². The van der Waals surface area contributed by atoms with Gasteiger partial charge in [-0.25, -0.2) is 0 Å². The summed E-state index contributed by atoms with van der Waals surface area (Å²) in [5.41, 5.74) is 1.20. The van der Waals surface area contributed by atoms with Crippen LogP contribution in [-0.4, -0.2) is 29.3 Å². The number of carbonyl (C=O) groups excluding carboxylic acids is 1. The van der Waals surface area contributed by atoms with E-state index in [1.807, 2.05) is 13.8 Å². The molecule has 0 spiro atoms. The van der Waals surface area contributed by atoms with E-state index in [0.717, 1.165) is 12.0 Å². The number of hydrogen-bond acceptors (Lipinski definition) is 3. The van der Waals surface area contributed by atoms with E-state index in [4.69, 9.17) is 5.11 Å². The Morgan fingerprint density at radius 2 is 2.17 bits per heavy atom. The number of aliphatic hydroxyl groups excluding tert-OH is 1. The van der Waals surface area contributed by atoms with Gasteiger partial charge in [0.2, 0.25) is 0 Å². The van der Waals surface area contributed by atoms with E-state index in [9.17, 15) is 9.90 Å². The van der Waals surface area contributed by atoms with Crippen molar-refractivity contribution in [2.45, 2.75) is 26.7 Å². The zero-order chi connectivity index (χ0) is 13.5. The van der Waals surface area contributed by atoms with Gasteiger partial charge in [0, 0.05) is 13.2 Å². The van der Waals surface area contributed by atoms with Crippen LogP contribution in [0.2, 0.25) is 0 Å². The molecule has 1 amide bonds. The molecule has 100 valence electrons. The molecule has 1 aromatic rings. The van der Waals surface area contributed by atoms with E-state index in [0.29, 0.717) is 18.5 Å². The Labute approximate surface area is 108 Å². The second-order valence-corrected chi connectivity index (χ2v) is 4.52. The fraction of sp³-hybridized carbons (Fsp3) is 0.500. The minimum Gasteiger partial charge on any atom is -0.507 e. The zero-order valence-electron chi connectivity index (χ0n) is 10.9. The van der Waals surface area contributed by atoms with Crippen LogP contribution in [0.4, 0.5) is 0 Å². The number of rotatable bonds is 6. The second kappa shape index (κ2) is 7.01. The molecule has 1 atom stereocenters. The Bertz CT molecular complexity index is 404. The maximum Gasteiger partial charge on any atom is 0.255 e. The third-order valence-electron chi connectivity index (χ3n) is 3.06. The van der Waals surface area contributed by atoms with Gasteiger partial charge < -0.3 is 15.5 Å². The van der Waals surface area contributed by atoms with E-state index >= 15 is 0 Å². The third kappa shape index (κ3) is 4.04. The van der Waals surface area contributed by atoms with Gasteiger partial charge in [-0.3, -0.25) is 4.79 Å². The van der Waals surface area contributed by atoms with Crippen molar-refractivity contribution < 1.29 is 15.0 Å². The molecule has 0 aliphatic carbocycles. The molecule has 18 heavy (non-hydrogen) atoms. The monoisotopic (exact) mass is 251 g/mol. The standard InChI is InChI=1S/C14H21NO3/c1-3-11(6-7-16)9-15-14(18)12-5-4-10(2)8-13(12)17/h4-5,8,11,16-17H,3,6-7,9H2,1-2H3,(H,15,18). The van der Waals surface area contributed by atoms with Crippen molar-refractivity contribution in [1.29, 1.82) is 0 Å². The van der Waals surface area contributed by atoms with E-state index in [1.165, 1.54) is 0 Å². The average Bonchev–Trinajstić information content (AvgIpc) is 2.34. The van der Waals surface area contributed by atoms with Crippen molar-refractivity contribution in [3.63, 3.8) is 0 Å².